The summed E-state index contributed by atoms with van der Waals surface area (Å²) in [6.07, 6.45) is 0. The maximum atomic E-state index is 12.6. The molecule has 0 saturated carbocycles. The molecule has 3 rings (SSSR count). The van der Waals surface area contributed by atoms with Crippen molar-refractivity contribution in [3.8, 4) is 0 Å². The zero-order chi connectivity index (χ0) is 22.1. The first kappa shape index (κ1) is 21.3. The molecule has 1 amide bonds. The number of methoxy groups -OCH3 is 1. The fourth-order valence-electron chi connectivity index (χ4n) is 2.57. The summed E-state index contributed by atoms with van der Waals surface area (Å²) in [7, 11) is -2.76. The van der Waals surface area contributed by atoms with E-state index in [2.05, 4.69) is 9.73 Å². The Hall–Kier alpha value is -3.42. The van der Waals surface area contributed by atoms with Gasteiger partial charge < -0.3 is 9.30 Å². The molecule has 0 unspecified atom stereocenters. The lowest BCUT2D eigenvalue weighted by Gasteiger charge is -2.04. The molecule has 30 heavy (non-hydrogen) atoms. The molecule has 1 heterocycles. The van der Waals surface area contributed by atoms with E-state index in [0.717, 1.165) is 17.4 Å². The number of carbonyl (C=O) groups excluding carboxylic acids is 2. The molecule has 0 saturated heterocycles. The van der Waals surface area contributed by atoms with Crippen molar-refractivity contribution >= 4 is 49.1 Å². The minimum absolute atomic E-state index is 0.0171. The minimum atomic E-state index is -3.96. The van der Waals surface area contributed by atoms with Gasteiger partial charge in [0.2, 0.25) is 10.0 Å². The second-order valence-electron chi connectivity index (χ2n) is 5.95. The molecule has 0 aliphatic heterocycles. The number of nitrogens with two attached hydrogens (primary N) is 1. The van der Waals surface area contributed by atoms with E-state index in [1.807, 2.05) is 0 Å². The molecule has 156 valence electrons. The van der Waals surface area contributed by atoms with Crippen LogP contribution in [-0.4, -0.2) is 36.9 Å². The fourth-order valence-corrected chi connectivity index (χ4v) is 4.25. The first-order valence-electron chi connectivity index (χ1n) is 8.16. The minimum Gasteiger partial charge on any atom is -0.468 e. The van der Waals surface area contributed by atoms with Gasteiger partial charge in [0, 0.05) is 17.7 Å². The van der Waals surface area contributed by atoms with Crippen LogP contribution >= 0.6 is 11.3 Å². The average Bonchev–Trinajstić information content (AvgIpc) is 3.03. The molecule has 1 aromatic heterocycles. The van der Waals surface area contributed by atoms with Crippen LogP contribution in [0.4, 0.5) is 5.69 Å². The number of hydrogen-bond acceptors (Lipinski definition) is 8. The van der Waals surface area contributed by atoms with E-state index in [1.54, 1.807) is 0 Å². The standard InChI is InChI=1S/C17H14N4O7S2/c1-28-15(22)9-20-13-6-5-12(30(18,26)27)8-14(13)29-17(20)19-16(23)10-3-2-4-11(7-10)21(24)25/h2-8H,9H2,1H3,(H2,18,26,27). The van der Waals surface area contributed by atoms with E-state index in [9.17, 15) is 28.1 Å². The van der Waals surface area contributed by atoms with E-state index in [0.29, 0.717) is 10.2 Å². The molecule has 13 heteroatoms. The van der Waals surface area contributed by atoms with Crippen molar-refractivity contribution in [3.63, 3.8) is 0 Å². The normalized spacial score (nSPS) is 12.1. The van der Waals surface area contributed by atoms with Crippen LogP contribution < -0.4 is 9.94 Å². The van der Waals surface area contributed by atoms with E-state index >= 15 is 0 Å². The average molecular weight is 450 g/mol. The molecule has 0 bridgehead atoms. The molecular formula is C17H14N4O7S2. The Morgan fingerprint density at radius 2 is 2.00 bits per heavy atom. The number of ether oxygens (including phenoxy) is 1. The predicted octanol–water partition coefficient (Wildman–Crippen LogP) is 1.17. The quantitative estimate of drug-likeness (QED) is 0.346. The highest BCUT2D eigenvalue weighted by molar-refractivity contribution is 7.89. The van der Waals surface area contributed by atoms with Gasteiger partial charge in [-0.25, -0.2) is 13.6 Å². The molecule has 11 nitrogen and oxygen atoms in total. The van der Waals surface area contributed by atoms with Gasteiger partial charge in [0.25, 0.3) is 11.6 Å². The smallest absolute Gasteiger partial charge is 0.325 e. The summed E-state index contributed by atoms with van der Waals surface area (Å²) in [6.45, 7) is -0.285. The number of benzene rings is 2. The molecule has 3 aromatic rings. The second-order valence-corrected chi connectivity index (χ2v) is 8.52. The summed E-state index contributed by atoms with van der Waals surface area (Å²) in [5.74, 6) is -1.38. The molecule has 0 aliphatic carbocycles. The zero-order valence-electron chi connectivity index (χ0n) is 15.3. The number of rotatable bonds is 5. The van der Waals surface area contributed by atoms with Gasteiger partial charge in [0.05, 0.1) is 27.1 Å². The van der Waals surface area contributed by atoms with Gasteiger partial charge in [-0.1, -0.05) is 17.4 Å². The number of nitrogens with zero attached hydrogens (tertiary/aromatic N) is 3. The molecular weight excluding hydrogens is 436 g/mol. The lowest BCUT2D eigenvalue weighted by Crippen LogP contribution is -2.22. The third kappa shape index (κ3) is 4.42. The summed E-state index contributed by atoms with van der Waals surface area (Å²) in [4.78, 5) is 38.6. The van der Waals surface area contributed by atoms with E-state index in [1.165, 1.54) is 48.1 Å². The molecule has 2 aromatic carbocycles. The van der Waals surface area contributed by atoms with Crippen LogP contribution in [0, 0.1) is 10.1 Å². The maximum absolute atomic E-state index is 12.6. The first-order chi connectivity index (χ1) is 14.1. The number of non-ortho nitro benzene ring substituents is 1. The Morgan fingerprint density at radius 3 is 2.63 bits per heavy atom. The van der Waals surface area contributed by atoms with E-state index < -0.39 is 26.8 Å². The molecule has 0 aliphatic rings. The maximum Gasteiger partial charge on any atom is 0.325 e. The molecule has 0 fully saturated rings. The van der Waals surface area contributed by atoms with Crippen LogP contribution in [-0.2, 0) is 26.1 Å². The summed E-state index contributed by atoms with van der Waals surface area (Å²) in [5, 5.41) is 16.1. The van der Waals surface area contributed by atoms with E-state index in [-0.39, 0.29) is 27.5 Å². The van der Waals surface area contributed by atoms with Crippen LogP contribution in [0.1, 0.15) is 10.4 Å². The van der Waals surface area contributed by atoms with Crippen molar-refractivity contribution < 1.29 is 27.7 Å². The number of primary sulfonamides is 1. The SMILES string of the molecule is COC(=O)Cn1c(=NC(=O)c2cccc([N+](=O)[O-])c2)sc2cc(S(N)(=O)=O)ccc21. The Balaban J connectivity index is 2.18. The summed E-state index contributed by atoms with van der Waals surface area (Å²) in [5.41, 5.74) is 0.146. The van der Waals surface area contributed by atoms with Gasteiger partial charge in [-0.3, -0.25) is 19.7 Å². The second kappa shape index (κ2) is 8.14. The van der Waals surface area contributed by atoms with Crippen LogP contribution in [0.25, 0.3) is 10.2 Å². The largest absolute Gasteiger partial charge is 0.468 e. The van der Waals surface area contributed by atoms with Gasteiger partial charge in [0.15, 0.2) is 4.80 Å². The molecule has 0 spiro atoms. The predicted molar refractivity (Wildman–Crippen MR) is 106 cm³/mol. The number of nitro groups is 1. The number of fused-ring (bicyclic) bond motifs is 1. The Morgan fingerprint density at radius 1 is 1.27 bits per heavy atom. The highest BCUT2D eigenvalue weighted by Gasteiger charge is 2.16. The Labute approximate surface area is 173 Å². The third-order valence-electron chi connectivity index (χ3n) is 4.00. The Kier molecular flexibility index (Phi) is 5.78. The number of nitro benzene ring substituents is 1. The highest BCUT2D eigenvalue weighted by Crippen LogP contribution is 2.22. The Bertz CT molecular complexity index is 1360. The number of esters is 1. The van der Waals surface area contributed by atoms with Crippen LogP contribution in [0.5, 0.6) is 0 Å². The topological polar surface area (TPSA) is 164 Å². The molecule has 2 N–H and O–H groups in total. The van der Waals surface area contributed by atoms with Crippen LogP contribution in [0.2, 0.25) is 0 Å². The number of hydrogen-bond donors (Lipinski definition) is 1. The van der Waals surface area contributed by atoms with Crippen molar-refractivity contribution in [3.05, 3.63) is 62.9 Å². The first-order valence-corrected chi connectivity index (χ1v) is 10.5. The van der Waals surface area contributed by atoms with Crippen LogP contribution in [0.15, 0.2) is 52.4 Å². The van der Waals surface area contributed by atoms with Crippen LogP contribution in [0.3, 0.4) is 0 Å². The summed E-state index contributed by atoms with van der Waals surface area (Å²) >= 11 is 0.954. The third-order valence-corrected chi connectivity index (χ3v) is 5.95. The fraction of sp³-hybridized carbons (Fsp3) is 0.118. The van der Waals surface area contributed by atoms with E-state index in [4.69, 9.17) is 5.14 Å². The number of sulfonamides is 1. The summed E-state index contributed by atoms with van der Waals surface area (Å²) < 4.78 is 29.7. The monoisotopic (exact) mass is 450 g/mol. The van der Waals surface area contributed by atoms with Crippen molar-refractivity contribution in [2.75, 3.05) is 7.11 Å². The lowest BCUT2D eigenvalue weighted by atomic mass is 10.2. The highest BCUT2D eigenvalue weighted by atomic mass is 32.2. The van der Waals surface area contributed by atoms with Gasteiger partial charge in [-0.05, 0) is 24.3 Å². The number of carbonyl (C=O) groups is 2. The lowest BCUT2D eigenvalue weighted by molar-refractivity contribution is -0.384. The number of thiazole rings is 1. The van der Waals surface area contributed by atoms with Gasteiger partial charge >= 0.3 is 5.97 Å². The number of amides is 1. The molecule has 0 radical (unpaired) electrons. The van der Waals surface area contributed by atoms with Crippen molar-refractivity contribution in [2.45, 2.75) is 11.4 Å². The van der Waals surface area contributed by atoms with Gasteiger partial charge in [-0.2, -0.15) is 4.99 Å². The van der Waals surface area contributed by atoms with Crippen molar-refractivity contribution in [1.82, 2.24) is 4.57 Å². The molecule has 0 atom stereocenters. The van der Waals surface area contributed by atoms with Crippen molar-refractivity contribution in [2.24, 2.45) is 10.1 Å². The number of aromatic nitrogens is 1. The zero-order valence-corrected chi connectivity index (χ0v) is 17.0. The van der Waals surface area contributed by atoms with Crippen molar-refractivity contribution in [1.29, 1.82) is 0 Å². The summed E-state index contributed by atoms with van der Waals surface area (Å²) in [6, 6.07) is 9.06. The van der Waals surface area contributed by atoms with Gasteiger partial charge in [0.1, 0.15) is 6.54 Å². The van der Waals surface area contributed by atoms with Gasteiger partial charge in [-0.15, -0.1) is 0 Å².